The summed E-state index contributed by atoms with van der Waals surface area (Å²) in [5, 5.41) is 0. The molecule has 2 amide bonds. The average molecular weight is 553 g/mol. The van der Waals surface area contributed by atoms with E-state index in [2.05, 4.69) is 66.6 Å². The molecule has 4 rings (SSSR count). The molecule has 0 bridgehead atoms. The molecule has 3 heterocycles. The van der Waals surface area contributed by atoms with Crippen molar-refractivity contribution in [3.05, 3.63) is 42.0 Å². The summed E-state index contributed by atoms with van der Waals surface area (Å²) in [6, 6.07) is 6.83. The number of carbonyl (C=O) groups excluding carboxylic acids is 2. The lowest BCUT2D eigenvalue weighted by molar-refractivity contribution is -0.135. The minimum atomic E-state index is 0.187. The molecule has 0 aliphatic carbocycles. The van der Waals surface area contributed by atoms with Crippen LogP contribution >= 0.6 is 0 Å². The third-order valence-corrected chi connectivity index (χ3v) is 9.10. The molecule has 0 unspecified atom stereocenters. The molecule has 2 fully saturated rings. The van der Waals surface area contributed by atoms with Crippen molar-refractivity contribution < 1.29 is 14.3 Å². The van der Waals surface area contributed by atoms with Crippen LogP contribution in [0.15, 0.2) is 30.9 Å². The fourth-order valence-electron chi connectivity index (χ4n) is 6.77. The van der Waals surface area contributed by atoms with Crippen LogP contribution in [-0.4, -0.2) is 104 Å². The number of amides is 2. The van der Waals surface area contributed by atoms with Gasteiger partial charge in [0.05, 0.1) is 13.2 Å². The standard InChI is InChI=1S/C33H52N4O3/c1-5-7-18-35(20-11-10-17-34(3)4)33(39)25-37-24-29(26-13-14-31-27(23-26)16-22-40-31)28(6-2)30(37)15-21-36-19-9-8-12-32(36)38/h6,13-14,23,28-30H,2,5,7-12,15-22,24-25H2,1,3-4H3/t28-,29-,30+/m1/s1. The molecule has 3 aliphatic heterocycles. The molecule has 40 heavy (non-hydrogen) atoms. The Morgan fingerprint density at radius 1 is 1.12 bits per heavy atom. The van der Waals surface area contributed by atoms with Crippen molar-refractivity contribution in [1.29, 1.82) is 0 Å². The summed E-state index contributed by atoms with van der Waals surface area (Å²) in [5.74, 6) is 2.04. The number of hydrogen-bond donors (Lipinski definition) is 0. The molecular formula is C33H52N4O3. The van der Waals surface area contributed by atoms with Crippen LogP contribution in [0.25, 0.3) is 0 Å². The van der Waals surface area contributed by atoms with Gasteiger partial charge in [0.15, 0.2) is 0 Å². The lowest BCUT2D eigenvalue weighted by Gasteiger charge is -2.33. The van der Waals surface area contributed by atoms with E-state index in [0.29, 0.717) is 13.0 Å². The van der Waals surface area contributed by atoms with Crippen molar-refractivity contribution in [3.8, 4) is 5.75 Å². The summed E-state index contributed by atoms with van der Waals surface area (Å²) in [7, 11) is 4.21. The van der Waals surface area contributed by atoms with Crippen molar-refractivity contribution in [2.24, 2.45) is 5.92 Å². The predicted molar refractivity (Wildman–Crippen MR) is 162 cm³/mol. The van der Waals surface area contributed by atoms with E-state index in [1.54, 1.807) is 0 Å². The molecule has 3 atom stereocenters. The van der Waals surface area contributed by atoms with Crippen LogP contribution in [0.1, 0.15) is 75.3 Å². The highest BCUT2D eigenvalue weighted by molar-refractivity contribution is 5.78. The molecule has 0 aromatic heterocycles. The zero-order valence-electron chi connectivity index (χ0n) is 25.3. The fraction of sp³-hybridized carbons (Fsp3) is 0.697. The Hall–Kier alpha value is -2.38. The molecule has 7 nitrogen and oxygen atoms in total. The first-order valence-corrected chi connectivity index (χ1v) is 15.7. The maximum absolute atomic E-state index is 13.8. The predicted octanol–water partition coefficient (Wildman–Crippen LogP) is 4.56. The summed E-state index contributed by atoms with van der Waals surface area (Å²) in [5.41, 5.74) is 2.60. The summed E-state index contributed by atoms with van der Waals surface area (Å²) < 4.78 is 5.77. The number of piperidine rings is 1. The SMILES string of the molecule is C=C[C@@H]1[C@@H](c2ccc3c(c2)CCO3)CN(CC(=O)N(CCCC)CCCCN(C)C)[C@H]1CCN1CCCCC1=O. The van der Waals surface area contributed by atoms with Crippen molar-refractivity contribution in [3.63, 3.8) is 0 Å². The summed E-state index contributed by atoms with van der Waals surface area (Å²) in [4.78, 5) is 35.1. The van der Waals surface area contributed by atoms with Crippen LogP contribution in [0.5, 0.6) is 5.75 Å². The van der Waals surface area contributed by atoms with Gasteiger partial charge in [-0.15, -0.1) is 6.58 Å². The monoisotopic (exact) mass is 552 g/mol. The smallest absolute Gasteiger partial charge is 0.236 e. The third-order valence-electron chi connectivity index (χ3n) is 9.10. The first-order valence-electron chi connectivity index (χ1n) is 15.7. The normalized spacial score (nSPS) is 22.9. The third kappa shape index (κ3) is 7.88. The Morgan fingerprint density at radius 3 is 2.67 bits per heavy atom. The van der Waals surface area contributed by atoms with Crippen molar-refractivity contribution in [2.75, 3.05) is 66.5 Å². The number of ether oxygens (including phenoxy) is 1. The van der Waals surface area contributed by atoms with Crippen molar-refractivity contribution >= 4 is 11.8 Å². The molecule has 1 aromatic carbocycles. The van der Waals surface area contributed by atoms with Gasteiger partial charge in [-0.25, -0.2) is 0 Å². The largest absolute Gasteiger partial charge is 0.493 e. The van der Waals surface area contributed by atoms with Gasteiger partial charge in [0.2, 0.25) is 11.8 Å². The quantitative estimate of drug-likeness (QED) is 0.236. The number of fused-ring (bicyclic) bond motifs is 1. The molecule has 3 aliphatic rings. The molecule has 2 saturated heterocycles. The van der Waals surface area contributed by atoms with Gasteiger partial charge in [0, 0.05) is 63.4 Å². The van der Waals surface area contributed by atoms with Gasteiger partial charge in [-0.2, -0.15) is 0 Å². The highest BCUT2D eigenvalue weighted by Crippen LogP contribution is 2.41. The minimum Gasteiger partial charge on any atom is -0.493 e. The second-order valence-corrected chi connectivity index (χ2v) is 12.3. The van der Waals surface area contributed by atoms with Gasteiger partial charge in [-0.05, 0) is 76.4 Å². The number of rotatable bonds is 15. The van der Waals surface area contributed by atoms with Crippen LogP contribution in [0.4, 0.5) is 0 Å². The van der Waals surface area contributed by atoms with Gasteiger partial charge in [-0.1, -0.05) is 31.6 Å². The fourth-order valence-corrected chi connectivity index (χ4v) is 6.77. The molecule has 0 N–H and O–H groups in total. The van der Waals surface area contributed by atoms with E-state index in [4.69, 9.17) is 4.74 Å². The lowest BCUT2D eigenvalue weighted by atomic mass is 9.83. The number of carbonyl (C=O) groups is 2. The Labute approximate surface area is 242 Å². The van der Waals surface area contributed by atoms with Crippen LogP contribution in [0, 0.1) is 5.92 Å². The van der Waals surface area contributed by atoms with Gasteiger partial charge in [0.1, 0.15) is 5.75 Å². The Morgan fingerprint density at radius 2 is 1.93 bits per heavy atom. The first kappa shape index (κ1) is 30.6. The van der Waals surface area contributed by atoms with Gasteiger partial charge >= 0.3 is 0 Å². The summed E-state index contributed by atoms with van der Waals surface area (Å²) in [6.45, 7) is 12.8. The van der Waals surface area contributed by atoms with Crippen molar-refractivity contribution in [1.82, 2.24) is 19.6 Å². The minimum absolute atomic E-state index is 0.187. The van der Waals surface area contributed by atoms with E-state index in [1.165, 1.54) is 11.1 Å². The Kier molecular flexibility index (Phi) is 11.5. The van der Waals surface area contributed by atoms with E-state index in [9.17, 15) is 9.59 Å². The Balaban J connectivity index is 1.50. The molecule has 1 aromatic rings. The maximum Gasteiger partial charge on any atom is 0.236 e. The van der Waals surface area contributed by atoms with Crippen LogP contribution in [0.2, 0.25) is 0 Å². The number of benzene rings is 1. The van der Waals surface area contributed by atoms with E-state index in [-0.39, 0.29) is 29.7 Å². The maximum atomic E-state index is 13.8. The summed E-state index contributed by atoms with van der Waals surface area (Å²) >= 11 is 0. The van der Waals surface area contributed by atoms with E-state index < -0.39 is 0 Å². The molecule has 0 saturated carbocycles. The molecule has 0 radical (unpaired) electrons. The van der Waals surface area contributed by atoms with E-state index >= 15 is 0 Å². The van der Waals surface area contributed by atoms with Crippen LogP contribution in [-0.2, 0) is 16.0 Å². The molecule has 7 heteroatoms. The molecule has 222 valence electrons. The molecular weight excluding hydrogens is 500 g/mol. The number of unbranched alkanes of at least 4 members (excludes halogenated alkanes) is 2. The second-order valence-electron chi connectivity index (χ2n) is 12.3. The topological polar surface area (TPSA) is 56.3 Å². The highest BCUT2D eigenvalue weighted by Gasteiger charge is 2.42. The first-order chi connectivity index (χ1) is 19.4. The van der Waals surface area contributed by atoms with E-state index in [0.717, 1.165) is 103 Å². The van der Waals surface area contributed by atoms with Crippen LogP contribution < -0.4 is 4.74 Å². The average Bonchev–Trinajstić information content (AvgIpc) is 3.55. The van der Waals surface area contributed by atoms with Crippen molar-refractivity contribution in [2.45, 2.75) is 76.7 Å². The lowest BCUT2D eigenvalue weighted by Crippen LogP contribution is -2.45. The number of hydrogen-bond acceptors (Lipinski definition) is 5. The molecule has 0 spiro atoms. The van der Waals surface area contributed by atoms with Gasteiger partial charge in [0.25, 0.3) is 0 Å². The van der Waals surface area contributed by atoms with Gasteiger partial charge in [-0.3, -0.25) is 14.5 Å². The zero-order valence-corrected chi connectivity index (χ0v) is 25.3. The number of likely N-dealkylation sites (tertiary alicyclic amines) is 2. The zero-order chi connectivity index (χ0) is 28.5. The number of nitrogens with zero attached hydrogens (tertiary/aromatic N) is 4. The van der Waals surface area contributed by atoms with E-state index in [1.807, 2.05) is 4.90 Å². The van der Waals surface area contributed by atoms with Gasteiger partial charge < -0.3 is 19.4 Å². The summed E-state index contributed by atoms with van der Waals surface area (Å²) in [6.07, 6.45) is 10.9. The Bertz CT molecular complexity index is 996. The van der Waals surface area contributed by atoms with Crippen LogP contribution in [0.3, 0.4) is 0 Å². The highest BCUT2D eigenvalue weighted by atomic mass is 16.5. The second kappa shape index (κ2) is 15.0.